The maximum Gasteiger partial charge on any atom is 0.0701 e. The van der Waals surface area contributed by atoms with Crippen molar-refractivity contribution in [3.05, 3.63) is 20.8 Å². The second-order valence-corrected chi connectivity index (χ2v) is 7.20. The van der Waals surface area contributed by atoms with Crippen molar-refractivity contribution in [1.82, 2.24) is 10.2 Å². The third kappa shape index (κ3) is 6.55. The van der Waals surface area contributed by atoms with Crippen molar-refractivity contribution in [3.8, 4) is 0 Å². The molecule has 0 radical (unpaired) electrons. The molecule has 1 N–H and O–H groups in total. The van der Waals surface area contributed by atoms with Crippen LogP contribution in [0.1, 0.15) is 24.6 Å². The zero-order chi connectivity index (χ0) is 12.7. The summed E-state index contributed by atoms with van der Waals surface area (Å²) in [5, 5.41) is 3.65. The van der Waals surface area contributed by atoms with Gasteiger partial charge in [0.1, 0.15) is 0 Å². The van der Waals surface area contributed by atoms with E-state index in [0.717, 1.165) is 19.5 Å². The number of nitrogens with zero attached hydrogens (tertiary/aromatic N) is 1. The summed E-state index contributed by atoms with van der Waals surface area (Å²) in [4.78, 5) is 3.72. The molecular weight excluding hydrogens is 296 g/mol. The Morgan fingerprint density at radius 1 is 1.41 bits per heavy atom. The first-order valence-corrected chi connectivity index (χ1v) is 7.85. The van der Waals surface area contributed by atoms with Crippen LogP contribution in [0.4, 0.5) is 0 Å². The Morgan fingerprint density at radius 2 is 2.18 bits per heavy atom. The Bertz CT molecular complexity index is 312. The summed E-state index contributed by atoms with van der Waals surface area (Å²) in [6.07, 6.45) is 3.55. The lowest BCUT2D eigenvalue weighted by atomic mass is 10.1. The summed E-state index contributed by atoms with van der Waals surface area (Å²) in [5.41, 5.74) is 0. The van der Waals surface area contributed by atoms with Gasteiger partial charge in [-0.25, -0.2) is 0 Å². The van der Waals surface area contributed by atoms with Crippen molar-refractivity contribution >= 4 is 27.3 Å². The lowest BCUT2D eigenvalue weighted by Gasteiger charge is -2.20. The van der Waals surface area contributed by atoms with E-state index in [4.69, 9.17) is 0 Å². The van der Waals surface area contributed by atoms with Gasteiger partial charge in [-0.15, -0.1) is 11.3 Å². The van der Waals surface area contributed by atoms with Crippen molar-refractivity contribution in [2.45, 2.75) is 32.2 Å². The van der Waals surface area contributed by atoms with Gasteiger partial charge in [-0.05, 0) is 74.5 Å². The number of hydrogen-bond acceptors (Lipinski definition) is 3. The SMILES string of the molecule is CCCNC(CCN(C)C)Cc1ccc(Br)s1. The molecule has 98 valence electrons. The summed E-state index contributed by atoms with van der Waals surface area (Å²) in [7, 11) is 4.28. The molecule has 1 unspecified atom stereocenters. The lowest BCUT2D eigenvalue weighted by Crippen LogP contribution is -2.34. The number of thiophene rings is 1. The third-order valence-corrected chi connectivity index (χ3v) is 4.33. The molecule has 4 heteroatoms. The largest absolute Gasteiger partial charge is 0.314 e. The number of hydrogen-bond donors (Lipinski definition) is 1. The van der Waals surface area contributed by atoms with Crippen LogP contribution < -0.4 is 5.32 Å². The van der Waals surface area contributed by atoms with Crippen LogP contribution in [0.15, 0.2) is 15.9 Å². The molecule has 0 bridgehead atoms. The third-order valence-electron chi connectivity index (χ3n) is 2.68. The second kappa shape index (κ2) is 8.25. The van der Waals surface area contributed by atoms with Crippen molar-refractivity contribution < 1.29 is 0 Å². The Kier molecular flexibility index (Phi) is 7.35. The minimum Gasteiger partial charge on any atom is -0.314 e. The molecule has 0 saturated heterocycles. The van der Waals surface area contributed by atoms with Gasteiger partial charge in [-0.2, -0.15) is 0 Å². The molecule has 1 aromatic rings. The summed E-state index contributed by atoms with van der Waals surface area (Å²) in [6, 6.07) is 4.97. The van der Waals surface area contributed by atoms with Crippen LogP contribution in [0.2, 0.25) is 0 Å². The zero-order valence-electron chi connectivity index (χ0n) is 11.0. The van der Waals surface area contributed by atoms with Crippen LogP contribution in [0.25, 0.3) is 0 Å². The monoisotopic (exact) mass is 318 g/mol. The molecule has 1 rings (SSSR count). The van der Waals surface area contributed by atoms with Crippen LogP contribution in [0.5, 0.6) is 0 Å². The van der Waals surface area contributed by atoms with Crippen molar-refractivity contribution in [2.75, 3.05) is 27.2 Å². The van der Waals surface area contributed by atoms with Crippen LogP contribution in [-0.2, 0) is 6.42 Å². The highest BCUT2D eigenvalue weighted by atomic mass is 79.9. The first kappa shape index (κ1) is 15.2. The first-order chi connectivity index (χ1) is 8.11. The Morgan fingerprint density at radius 3 is 2.71 bits per heavy atom. The van der Waals surface area contributed by atoms with E-state index in [0.29, 0.717) is 6.04 Å². The van der Waals surface area contributed by atoms with Crippen LogP contribution in [0.3, 0.4) is 0 Å². The fourth-order valence-electron chi connectivity index (χ4n) is 1.74. The summed E-state index contributed by atoms with van der Waals surface area (Å²) < 4.78 is 1.23. The van der Waals surface area contributed by atoms with Gasteiger partial charge in [0.15, 0.2) is 0 Å². The van der Waals surface area contributed by atoms with Gasteiger partial charge >= 0.3 is 0 Å². The molecule has 1 atom stereocenters. The molecule has 0 spiro atoms. The predicted molar refractivity (Wildman–Crippen MR) is 81.0 cm³/mol. The second-order valence-electron chi connectivity index (χ2n) is 4.65. The van der Waals surface area contributed by atoms with Gasteiger partial charge in [0.2, 0.25) is 0 Å². The Labute approximate surface area is 118 Å². The number of nitrogens with one attached hydrogen (secondary N) is 1. The van der Waals surface area contributed by atoms with Crippen LogP contribution >= 0.6 is 27.3 Å². The van der Waals surface area contributed by atoms with E-state index in [1.165, 1.54) is 21.5 Å². The minimum atomic E-state index is 0.600. The van der Waals surface area contributed by atoms with Gasteiger partial charge in [-0.1, -0.05) is 6.92 Å². The molecule has 1 heterocycles. The van der Waals surface area contributed by atoms with Crippen LogP contribution in [0, 0.1) is 0 Å². The van der Waals surface area contributed by atoms with Crippen molar-refractivity contribution in [3.63, 3.8) is 0 Å². The van der Waals surface area contributed by atoms with E-state index >= 15 is 0 Å². The van der Waals surface area contributed by atoms with E-state index in [1.807, 2.05) is 11.3 Å². The van der Waals surface area contributed by atoms with Crippen molar-refractivity contribution in [2.24, 2.45) is 0 Å². The van der Waals surface area contributed by atoms with E-state index < -0.39 is 0 Å². The molecule has 0 aromatic carbocycles. The molecule has 0 amide bonds. The fraction of sp³-hybridized carbons (Fsp3) is 0.692. The molecule has 0 aliphatic rings. The highest BCUT2D eigenvalue weighted by Gasteiger charge is 2.10. The molecule has 0 aliphatic carbocycles. The standard InChI is InChI=1S/C13H23BrN2S/c1-4-8-15-11(7-9-16(2)3)10-12-5-6-13(14)17-12/h5-6,11,15H,4,7-10H2,1-3H3. The van der Waals surface area contributed by atoms with Gasteiger partial charge in [0, 0.05) is 10.9 Å². The molecule has 1 aromatic heterocycles. The topological polar surface area (TPSA) is 15.3 Å². The van der Waals surface area contributed by atoms with Gasteiger partial charge < -0.3 is 10.2 Å². The summed E-state index contributed by atoms with van der Waals surface area (Å²) in [5.74, 6) is 0. The predicted octanol–water partition coefficient (Wildman–Crippen LogP) is 3.37. The Hall–Kier alpha value is 0.1000. The average Bonchev–Trinajstić information content (AvgIpc) is 2.68. The van der Waals surface area contributed by atoms with Crippen molar-refractivity contribution in [1.29, 1.82) is 0 Å². The smallest absolute Gasteiger partial charge is 0.0701 e. The van der Waals surface area contributed by atoms with Gasteiger partial charge in [-0.3, -0.25) is 0 Å². The van der Waals surface area contributed by atoms with Crippen LogP contribution in [-0.4, -0.2) is 38.1 Å². The lowest BCUT2D eigenvalue weighted by molar-refractivity contribution is 0.357. The minimum absolute atomic E-state index is 0.600. The zero-order valence-corrected chi connectivity index (χ0v) is 13.4. The molecule has 0 saturated carbocycles. The highest BCUT2D eigenvalue weighted by Crippen LogP contribution is 2.23. The molecule has 17 heavy (non-hydrogen) atoms. The normalized spacial score (nSPS) is 13.2. The fourth-order valence-corrected chi connectivity index (χ4v) is 3.31. The van der Waals surface area contributed by atoms with Gasteiger partial charge in [0.25, 0.3) is 0 Å². The van der Waals surface area contributed by atoms with E-state index in [9.17, 15) is 0 Å². The summed E-state index contributed by atoms with van der Waals surface area (Å²) in [6.45, 7) is 4.48. The Balaban J connectivity index is 2.44. The first-order valence-electron chi connectivity index (χ1n) is 6.24. The maximum absolute atomic E-state index is 3.65. The maximum atomic E-state index is 3.65. The van der Waals surface area contributed by atoms with E-state index in [2.05, 4.69) is 59.3 Å². The highest BCUT2D eigenvalue weighted by molar-refractivity contribution is 9.11. The molecule has 0 aliphatic heterocycles. The number of halogens is 1. The molecule has 0 fully saturated rings. The number of rotatable bonds is 8. The summed E-state index contributed by atoms with van der Waals surface area (Å²) >= 11 is 5.37. The molecular formula is C13H23BrN2S. The quantitative estimate of drug-likeness (QED) is 0.790. The molecule has 2 nitrogen and oxygen atoms in total. The van der Waals surface area contributed by atoms with E-state index in [-0.39, 0.29) is 0 Å². The van der Waals surface area contributed by atoms with E-state index in [1.54, 1.807) is 0 Å². The van der Waals surface area contributed by atoms with Gasteiger partial charge in [0.05, 0.1) is 3.79 Å². The average molecular weight is 319 g/mol.